The SMILES string of the molecule is O=C(OCCCOc1ccc(Cl)cc1)c1cc(S(=O)(=O)N2CCOCC2)ccc1F. The van der Waals surface area contributed by atoms with Crippen molar-refractivity contribution >= 4 is 27.6 Å². The molecule has 0 unspecified atom stereocenters. The number of nitrogens with zero attached hydrogens (tertiary/aromatic N) is 1. The van der Waals surface area contributed by atoms with Crippen LogP contribution < -0.4 is 4.74 Å². The van der Waals surface area contributed by atoms with Crippen LogP contribution in [0.4, 0.5) is 4.39 Å². The van der Waals surface area contributed by atoms with E-state index in [2.05, 4.69) is 0 Å². The number of halogens is 2. The number of hydrogen-bond donors (Lipinski definition) is 0. The summed E-state index contributed by atoms with van der Waals surface area (Å²) in [6, 6.07) is 9.90. The molecule has 1 aliphatic heterocycles. The van der Waals surface area contributed by atoms with Crippen molar-refractivity contribution in [3.05, 3.63) is 58.9 Å². The Balaban J connectivity index is 1.56. The first-order valence-electron chi connectivity index (χ1n) is 9.31. The van der Waals surface area contributed by atoms with Gasteiger partial charge >= 0.3 is 5.97 Å². The molecule has 1 saturated heterocycles. The summed E-state index contributed by atoms with van der Waals surface area (Å²) in [7, 11) is -3.85. The second-order valence-corrected chi connectivity index (χ2v) is 8.82. The Morgan fingerprint density at radius 2 is 1.80 bits per heavy atom. The van der Waals surface area contributed by atoms with Gasteiger partial charge in [0, 0.05) is 24.5 Å². The van der Waals surface area contributed by atoms with Crippen molar-refractivity contribution in [2.45, 2.75) is 11.3 Å². The molecule has 7 nitrogen and oxygen atoms in total. The van der Waals surface area contributed by atoms with E-state index in [1.165, 1.54) is 4.31 Å². The summed E-state index contributed by atoms with van der Waals surface area (Å²) < 4.78 is 56.5. The molecular formula is C20H21ClFNO6S. The summed E-state index contributed by atoms with van der Waals surface area (Å²) in [6.45, 7) is 1.25. The lowest BCUT2D eigenvalue weighted by Gasteiger charge is -2.26. The lowest BCUT2D eigenvalue weighted by Crippen LogP contribution is -2.40. The predicted molar refractivity (Wildman–Crippen MR) is 108 cm³/mol. The van der Waals surface area contributed by atoms with E-state index >= 15 is 0 Å². The van der Waals surface area contributed by atoms with Crippen LogP contribution in [0.5, 0.6) is 5.75 Å². The lowest BCUT2D eigenvalue weighted by atomic mass is 10.2. The average Bonchev–Trinajstić information content (AvgIpc) is 2.75. The number of benzene rings is 2. The molecule has 0 N–H and O–H groups in total. The molecule has 1 fully saturated rings. The molecule has 30 heavy (non-hydrogen) atoms. The Labute approximate surface area is 179 Å². The summed E-state index contributed by atoms with van der Waals surface area (Å²) in [5.41, 5.74) is -0.428. The van der Waals surface area contributed by atoms with E-state index in [1.54, 1.807) is 24.3 Å². The standard InChI is InChI=1S/C20H21ClFNO6S/c21-15-2-4-16(5-3-15)28-10-1-11-29-20(24)18-14-17(6-7-19(18)22)30(25,26)23-8-12-27-13-9-23/h2-7,14H,1,8-13H2. The van der Waals surface area contributed by atoms with Gasteiger partial charge in [-0.2, -0.15) is 4.31 Å². The highest BCUT2D eigenvalue weighted by Crippen LogP contribution is 2.21. The molecule has 0 radical (unpaired) electrons. The van der Waals surface area contributed by atoms with Crippen LogP contribution in [0.25, 0.3) is 0 Å². The van der Waals surface area contributed by atoms with Crippen LogP contribution >= 0.6 is 11.6 Å². The fraction of sp³-hybridized carbons (Fsp3) is 0.350. The quantitative estimate of drug-likeness (QED) is 0.447. The van der Waals surface area contributed by atoms with E-state index in [4.69, 9.17) is 25.8 Å². The van der Waals surface area contributed by atoms with Crippen LogP contribution in [0.1, 0.15) is 16.8 Å². The zero-order valence-corrected chi connectivity index (χ0v) is 17.6. The van der Waals surface area contributed by atoms with Crippen LogP contribution in [-0.2, 0) is 19.5 Å². The number of rotatable bonds is 8. The fourth-order valence-corrected chi connectivity index (χ4v) is 4.34. The van der Waals surface area contributed by atoms with Crippen LogP contribution in [0, 0.1) is 5.82 Å². The highest BCUT2D eigenvalue weighted by molar-refractivity contribution is 7.89. The molecule has 0 bridgehead atoms. The first kappa shape index (κ1) is 22.5. The molecule has 0 amide bonds. The van der Waals surface area contributed by atoms with Gasteiger partial charge in [-0.25, -0.2) is 17.6 Å². The molecule has 162 valence electrons. The van der Waals surface area contributed by atoms with Crippen LogP contribution in [0.3, 0.4) is 0 Å². The highest BCUT2D eigenvalue weighted by Gasteiger charge is 2.28. The Bertz CT molecular complexity index is 977. The molecule has 1 heterocycles. The monoisotopic (exact) mass is 457 g/mol. The zero-order chi connectivity index (χ0) is 21.6. The van der Waals surface area contributed by atoms with Crippen molar-refractivity contribution < 1.29 is 31.8 Å². The molecule has 2 aromatic carbocycles. The van der Waals surface area contributed by atoms with Gasteiger partial charge in [-0.3, -0.25) is 0 Å². The maximum absolute atomic E-state index is 14.1. The number of hydrogen-bond acceptors (Lipinski definition) is 6. The number of esters is 1. The molecule has 0 atom stereocenters. The average molecular weight is 458 g/mol. The van der Waals surface area contributed by atoms with Gasteiger partial charge in [0.2, 0.25) is 10.0 Å². The third-order valence-corrected chi connectivity index (χ3v) is 6.52. The molecule has 1 aliphatic rings. The minimum Gasteiger partial charge on any atom is -0.493 e. The molecular weight excluding hydrogens is 437 g/mol. The second kappa shape index (κ2) is 10.2. The molecule has 0 aliphatic carbocycles. The van der Waals surface area contributed by atoms with Crippen LogP contribution in [0.15, 0.2) is 47.4 Å². The normalized spacial score (nSPS) is 15.0. The van der Waals surface area contributed by atoms with E-state index < -0.39 is 27.4 Å². The van der Waals surface area contributed by atoms with E-state index in [-0.39, 0.29) is 44.4 Å². The maximum Gasteiger partial charge on any atom is 0.341 e. The number of carbonyl (C=O) groups is 1. The zero-order valence-electron chi connectivity index (χ0n) is 16.1. The van der Waals surface area contributed by atoms with E-state index in [0.29, 0.717) is 17.2 Å². The van der Waals surface area contributed by atoms with Gasteiger partial charge in [0.05, 0.1) is 36.9 Å². The van der Waals surface area contributed by atoms with Crippen LogP contribution in [0.2, 0.25) is 5.02 Å². The van der Waals surface area contributed by atoms with Gasteiger partial charge in [0.25, 0.3) is 0 Å². The first-order valence-corrected chi connectivity index (χ1v) is 11.1. The molecule has 0 spiro atoms. The summed E-state index contributed by atoms with van der Waals surface area (Å²) in [5, 5.41) is 0.594. The number of sulfonamides is 1. The smallest absolute Gasteiger partial charge is 0.341 e. The topological polar surface area (TPSA) is 82.1 Å². The molecule has 0 saturated carbocycles. The van der Waals surface area contributed by atoms with Gasteiger partial charge in [-0.15, -0.1) is 0 Å². The lowest BCUT2D eigenvalue weighted by molar-refractivity contribution is 0.0480. The summed E-state index contributed by atoms with van der Waals surface area (Å²) in [4.78, 5) is 12.1. The van der Waals surface area contributed by atoms with Crippen molar-refractivity contribution in [3.63, 3.8) is 0 Å². The second-order valence-electron chi connectivity index (χ2n) is 6.45. The van der Waals surface area contributed by atoms with Gasteiger partial charge in [0.15, 0.2) is 0 Å². The Morgan fingerprint density at radius 1 is 1.10 bits per heavy atom. The minimum absolute atomic E-state index is 0.00763. The summed E-state index contributed by atoms with van der Waals surface area (Å²) >= 11 is 5.80. The van der Waals surface area contributed by atoms with Gasteiger partial charge in [-0.1, -0.05) is 11.6 Å². The van der Waals surface area contributed by atoms with Crippen molar-refractivity contribution in [3.8, 4) is 5.75 Å². The number of carbonyl (C=O) groups excluding carboxylic acids is 1. The maximum atomic E-state index is 14.1. The molecule has 0 aromatic heterocycles. The minimum atomic E-state index is -3.85. The first-order chi connectivity index (χ1) is 14.4. The summed E-state index contributed by atoms with van der Waals surface area (Å²) in [5.74, 6) is -1.16. The number of morpholine rings is 1. The number of ether oxygens (including phenoxy) is 3. The van der Waals surface area contributed by atoms with Gasteiger partial charge < -0.3 is 14.2 Å². The molecule has 3 rings (SSSR count). The van der Waals surface area contributed by atoms with Crippen molar-refractivity contribution in [2.24, 2.45) is 0 Å². The van der Waals surface area contributed by atoms with Crippen molar-refractivity contribution in [1.82, 2.24) is 4.31 Å². The highest BCUT2D eigenvalue weighted by atomic mass is 35.5. The molecule has 10 heteroatoms. The van der Waals surface area contributed by atoms with Crippen molar-refractivity contribution in [2.75, 3.05) is 39.5 Å². The van der Waals surface area contributed by atoms with E-state index in [1.807, 2.05) is 0 Å². The third kappa shape index (κ3) is 5.69. The van der Waals surface area contributed by atoms with E-state index in [0.717, 1.165) is 18.2 Å². The van der Waals surface area contributed by atoms with Crippen LogP contribution in [-0.4, -0.2) is 58.2 Å². The Kier molecular flexibility index (Phi) is 7.65. The third-order valence-electron chi connectivity index (χ3n) is 4.37. The summed E-state index contributed by atoms with van der Waals surface area (Å²) in [6.07, 6.45) is 0.377. The largest absolute Gasteiger partial charge is 0.493 e. The van der Waals surface area contributed by atoms with Gasteiger partial charge in [0.1, 0.15) is 11.6 Å². The predicted octanol–water partition coefficient (Wildman–Crippen LogP) is 3.13. The van der Waals surface area contributed by atoms with E-state index in [9.17, 15) is 17.6 Å². The van der Waals surface area contributed by atoms with Crippen molar-refractivity contribution in [1.29, 1.82) is 0 Å². The Morgan fingerprint density at radius 3 is 2.50 bits per heavy atom. The Hall–Kier alpha value is -2.20. The molecule has 2 aromatic rings. The fourth-order valence-electron chi connectivity index (χ4n) is 2.78. The van der Waals surface area contributed by atoms with Gasteiger partial charge in [-0.05, 0) is 42.5 Å².